The molecule has 0 aliphatic carbocycles. The van der Waals surface area contributed by atoms with E-state index in [9.17, 15) is 29.8 Å². The summed E-state index contributed by atoms with van der Waals surface area (Å²) in [6, 6.07) is 2.44. The van der Waals surface area contributed by atoms with Crippen LogP contribution in [0.4, 0.5) is 11.4 Å². The van der Waals surface area contributed by atoms with Gasteiger partial charge in [-0.15, -0.1) is 0 Å². The van der Waals surface area contributed by atoms with Gasteiger partial charge in [0.15, 0.2) is 12.4 Å². The molecule has 0 radical (unpaired) electrons. The second-order valence-corrected chi connectivity index (χ2v) is 4.45. The molecule has 0 N–H and O–H groups in total. The Kier molecular flexibility index (Phi) is 5.06. The Morgan fingerprint density at radius 3 is 1.95 bits per heavy atom. The smallest absolute Gasteiger partial charge is 0.339 e. The minimum Gasteiger partial charge on any atom is -0.454 e. The summed E-state index contributed by atoms with van der Waals surface area (Å²) in [7, 11) is 0. The zero-order chi connectivity index (χ0) is 16.2. The molecule has 0 unspecified atom stereocenters. The number of ketones is 1. The maximum absolute atomic E-state index is 11.7. The second kappa shape index (κ2) is 6.55. The highest BCUT2D eigenvalue weighted by Crippen LogP contribution is 2.23. The lowest BCUT2D eigenvalue weighted by Gasteiger charge is -2.06. The molecule has 21 heavy (non-hydrogen) atoms. The van der Waals surface area contributed by atoms with E-state index in [-0.39, 0.29) is 17.3 Å². The van der Waals surface area contributed by atoms with Crippen LogP contribution in [0.15, 0.2) is 18.2 Å². The summed E-state index contributed by atoms with van der Waals surface area (Å²) >= 11 is 0. The van der Waals surface area contributed by atoms with E-state index in [4.69, 9.17) is 0 Å². The molecule has 0 saturated heterocycles. The van der Waals surface area contributed by atoms with Gasteiger partial charge < -0.3 is 4.74 Å². The lowest BCUT2D eigenvalue weighted by atomic mass is 10.1. The van der Waals surface area contributed by atoms with Gasteiger partial charge in [0, 0.05) is 18.1 Å². The first-order valence-electron chi connectivity index (χ1n) is 5.86. The molecule has 0 bridgehead atoms. The van der Waals surface area contributed by atoms with Crippen LogP contribution in [0.2, 0.25) is 0 Å². The molecule has 0 spiro atoms. The van der Waals surface area contributed by atoms with Crippen molar-refractivity contribution in [3.63, 3.8) is 0 Å². The number of benzene rings is 1. The number of non-ortho nitro benzene ring substituents is 2. The van der Waals surface area contributed by atoms with Crippen LogP contribution in [0.25, 0.3) is 0 Å². The van der Waals surface area contributed by atoms with Crippen LogP contribution in [0, 0.1) is 26.1 Å². The Morgan fingerprint density at radius 1 is 1.10 bits per heavy atom. The summed E-state index contributed by atoms with van der Waals surface area (Å²) in [5.41, 5.74) is -1.56. The molecule has 9 heteroatoms. The number of nitro groups is 2. The number of esters is 1. The second-order valence-electron chi connectivity index (χ2n) is 4.45. The van der Waals surface area contributed by atoms with E-state index in [1.165, 1.54) is 0 Å². The lowest BCUT2D eigenvalue weighted by Crippen LogP contribution is -2.18. The molecule has 0 fully saturated rings. The average Bonchev–Trinajstić information content (AvgIpc) is 2.43. The Bertz CT molecular complexity index is 577. The van der Waals surface area contributed by atoms with Crippen LogP contribution in [-0.4, -0.2) is 28.2 Å². The number of carbonyl (C=O) groups excluding carboxylic acids is 2. The van der Waals surface area contributed by atoms with E-state index in [1.54, 1.807) is 13.8 Å². The van der Waals surface area contributed by atoms with E-state index >= 15 is 0 Å². The molecular weight excluding hydrogens is 284 g/mol. The van der Waals surface area contributed by atoms with Crippen molar-refractivity contribution in [3.05, 3.63) is 44.0 Å². The highest BCUT2D eigenvalue weighted by Gasteiger charge is 2.21. The maximum atomic E-state index is 11.7. The molecule has 9 nitrogen and oxygen atoms in total. The number of carbonyl (C=O) groups is 2. The van der Waals surface area contributed by atoms with Crippen LogP contribution in [0.5, 0.6) is 0 Å². The molecule has 0 aromatic heterocycles. The standard InChI is InChI=1S/C12H12N2O7/c1-7(2)11(15)6-21-12(16)8-3-9(13(17)18)5-10(4-8)14(19)20/h3-5,7H,6H2,1-2H3. The molecular formula is C12H12N2O7. The maximum Gasteiger partial charge on any atom is 0.339 e. The number of nitro benzene ring substituents is 2. The molecule has 0 aliphatic rings. The molecule has 1 rings (SSSR count). The van der Waals surface area contributed by atoms with Crippen LogP contribution >= 0.6 is 0 Å². The normalized spacial score (nSPS) is 10.2. The Labute approximate surface area is 118 Å². The molecule has 0 heterocycles. The van der Waals surface area contributed by atoms with E-state index in [0.29, 0.717) is 0 Å². The van der Waals surface area contributed by atoms with E-state index in [1.807, 2.05) is 0 Å². The fourth-order valence-electron chi connectivity index (χ4n) is 1.31. The van der Waals surface area contributed by atoms with E-state index < -0.39 is 33.8 Å². The van der Waals surface area contributed by atoms with Gasteiger partial charge in [0.2, 0.25) is 0 Å². The van der Waals surface area contributed by atoms with Gasteiger partial charge in [0.1, 0.15) is 0 Å². The molecule has 0 amide bonds. The molecule has 0 atom stereocenters. The van der Waals surface area contributed by atoms with E-state index in [2.05, 4.69) is 4.74 Å². The zero-order valence-electron chi connectivity index (χ0n) is 11.3. The van der Waals surface area contributed by atoms with Crippen LogP contribution in [0.1, 0.15) is 24.2 Å². The van der Waals surface area contributed by atoms with Crippen LogP contribution < -0.4 is 0 Å². The number of hydrogen-bond donors (Lipinski definition) is 0. The van der Waals surface area contributed by atoms with Crippen molar-refractivity contribution in [1.29, 1.82) is 0 Å². The summed E-state index contributed by atoms with van der Waals surface area (Å²) in [6.07, 6.45) is 0. The van der Waals surface area contributed by atoms with E-state index in [0.717, 1.165) is 18.2 Å². The summed E-state index contributed by atoms with van der Waals surface area (Å²) < 4.78 is 4.69. The van der Waals surface area contributed by atoms with Crippen molar-refractivity contribution < 1.29 is 24.2 Å². The van der Waals surface area contributed by atoms with Gasteiger partial charge in [-0.25, -0.2) is 4.79 Å². The predicted molar refractivity (Wildman–Crippen MR) is 69.9 cm³/mol. The lowest BCUT2D eigenvalue weighted by molar-refractivity contribution is -0.394. The van der Waals surface area contributed by atoms with Crippen LogP contribution in [-0.2, 0) is 9.53 Å². The largest absolute Gasteiger partial charge is 0.454 e. The monoisotopic (exact) mass is 296 g/mol. The van der Waals surface area contributed by atoms with Crippen molar-refractivity contribution in [2.75, 3.05) is 6.61 Å². The molecule has 0 aliphatic heterocycles. The fourth-order valence-corrected chi connectivity index (χ4v) is 1.31. The minimum absolute atomic E-state index is 0.330. The number of nitrogens with zero attached hydrogens (tertiary/aromatic N) is 2. The first-order chi connectivity index (χ1) is 9.72. The average molecular weight is 296 g/mol. The molecule has 112 valence electrons. The number of rotatable bonds is 6. The van der Waals surface area contributed by atoms with Gasteiger partial charge in [-0.05, 0) is 0 Å². The SMILES string of the molecule is CC(C)C(=O)COC(=O)c1cc([N+](=O)[O-])cc([N+](=O)[O-])c1. The van der Waals surface area contributed by atoms with Gasteiger partial charge in [-0.2, -0.15) is 0 Å². The summed E-state index contributed by atoms with van der Waals surface area (Å²) in [5, 5.41) is 21.4. The van der Waals surface area contributed by atoms with Crippen molar-refractivity contribution in [2.24, 2.45) is 5.92 Å². The first-order valence-corrected chi connectivity index (χ1v) is 5.86. The Hall–Kier alpha value is -2.84. The minimum atomic E-state index is -1.03. The summed E-state index contributed by atoms with van der Waals surface area (Å²) in [5.74, 6) is -1.70. The highest BCUT2D eigenvalue weighted by atomic mass is 16.6. The third kappa shape index (κ3) is 4.34. The zero-order valence-corrected chi connectivity index (χ0v) is 11.3. The summed E-state index contributed by atoms with van der Waals surface area (Å²) in [6.45, 7) is 2.75. The van der Waals surface area contributed by atoms with Gasteiger partial charge in [-0.3, -0.25) is 25.0 Å². The van der Waals surface area contributed by atoms with Crippen molar-refractivity contribution in [2.45, 2.75) is 13.8 Å². The van der Waals surface area contributed by atoms with Crippen molar-refractivity contribution in [3.8, 4) is 0 Å². The molecule has 1 aromatic carbocycles. The van der Waals surface area contributed by atoms with Gasteiger partial charge in [-0.1, -0.05) is 13.8 Å². The fraction of sp³-hybridized carbons (Fsp3) is 0.333. The number of ether oxygens (including phenoxy) is 1. The number of Topliss-reactive ketones (excluding diaryl/α,β-unsaturated/α-hetero) is 1. The number of hydrogen-bond acceptors (Lipinski definition) is 7. The topological polar surface area (TPSA) is 130 Å². The molecule has 1 aromatic rings. The summed E-state index contributed by atoms with van der Waals surface area (Å²) in [4.78, 5) is 42.7. The van der Waals surface area contributed by atoms with Crippen LogP contribution in [0.3, 0.4) is 0 Å². The predicted octanol–water partition coefficient (Wildman–Crippen LogP) is 1.88. The third-order valence-corrected chi connectivity index (χ3v) is 2.55. The van der Waals surface area contributed by atoms with Gasteiger partial charge in [0.05, 0.1) is 21.5 Å². The quantitative estimate of drug-likeness (QED) is 0.445. The highest BCUT2D eigenvalue weighted by molar-refractivity contribution is 5.93. The first kappa shape index (κ1) is 16.2. The van der Waals surface area contributed by atoms with Crippen molar-refractivity contribution >= 4 is 23.1 Å². The van der Waals surface area contributed by atoms with Gasteiger partial charge in [0.25, 0.3) is 11.4 Å². The van der Waals surface area contributed by atoms with Gasteiger partial charge >= 0.3 is 5.97 Å². The Balaban J connectivity index is 3.00. The Morgan fingerprint density at radius 2 is 1.57 bits per heavy atom. The molecule has 0 saturated carbocycles. The third-order valence-electron chi connectivity index (χ3n) is 2.55. The van der Waals surface area contributed by atoms with Crippen molar-refractivity contribution in [1.82, 2.24) is 0 Å².